The molecule has 0 N–H and O–H groups in total. The zero-order chi connectivity index (χ0) is 36.5. The minimum atomic E-state index is -0.0208. The quantitative estimate of drug-likeness (QED) is 0.144. The van der Waals surface area contributed by atoms with Crippen molar-refractivity contribution >= 4 is 12.3 Å². The van der Waals surface area contributed by atoms with Gasteiger partial charge in [-0.1, -0.05) is 147 Å². The van der Waals surface area contributed by atoms with Gasteiger partial charge in [0.05, 0.1) is 13.0 Å². The van der Waals surface area contributed by atoms with Crippen LogP contribution in [0, 0.1) is 35.5 Å². The molecule has 4 fully saturated rings. The molecule has 296 valence electrons. The summed E-state index contributed by atoms with van der Waals surface area (Å²) in [5.74, 6) is 5.67. The lowest BCUT2D eigenvalue weighted by Gasteiger charge is -2.28. The molecule has 4 aliphatic carbocycles. The molecule has 53 heavy (non-hydrogen) atoms. The highest BCUT2D eigenvalue weighted by Gasteiger charge is 2.28. The summed E-state index contributed by atoms with van der Waals surface area (Å²) in [6, 6.07) is 18.8. The summed E-state index contributed by atoms with van der Waals surface area (Å²) >= 11 is 0. The molecule has 2 aromatic rings. The van der Waals surface area contributed by atoms with E-state index in [0.29, 0.717) is 17.8 Å². The van der Waals surface area contributed by atoms with Crippen molar-refractivity contribution in [2.24, 2.45) is 35.5 Å². The summed E-state index contributed by atoms with van der Waals surface area (Å²) in [7, 11) is 1.50. The van der Waals surface area contributed by atoms with Gasteiger partial charge in [0.2, 0.25) is 0 Å². The maximum absolute atomic E-state index is 11.7. The van der Waals surface area contributed by atoms with Gasteiger partial charge in [-0.2, -0.15) is 0 Å². The molecule has 0 bridgehead atoms. The fourth-order valence-corrected chi connectivity index (χ4v) is 10.5. The highest BCUT2D eigenvalue weighted by molar-refractivity contribution is 5.72. The first-order valence-corrected chi connectivity index (χ1v) is 22.2. The minimum absolute atomic E-state index is 0. The lowest BCUT2D eigenvalue weighted by molar-refractivity contribution is -0.146. The molecule has 0 amide bonds. The summed E-state index contributed by atoms with van der Waals surface area (Å²) in [4.78, 5) is 22.6. The van der Waals surface area contributed by atoms with Crippen molar-refractivity contribution in [3.8, 4) is 0 Å². The first-order valence-electron chi connectivity index (χ1n) is 22.2. The molecule has 0 heterocycles. The Hall–Kier alpha value is -2.42. The number of esters is 1. The van der Waals surface area contributed by atoms with Gasteiger partial charge in [-0.05, 0) is 135 Å². The van der Waals surface area contributed by atoms with Gasteiger partial charge in [0, 0.05) is 5.92 Å². The van der Waals surface area contributed by atoms with Gasteiger partial charge in [0.1, 0.15) is 6.29 Å². The molecular formula is C50H78O3. The largest absolute Gasteiger partial charge is 0.469 e. The maximum atomic E-state index is 11.7. The van der Waals surface area contributed by atoms with E-state index in [1.165, 1.54) is 145 Å². The average Bonchev–Trinajstić information content (AvgIpc) is 3.21. The van der Waals surface area contributed by atoms with Crippen molar-refractivity contribution in [1.82, 2.24) is 0 Å². The van der Waals surface area contributed by atoms with Gasteiger partial charge in [0.15, 0.2) is 0 Å². The van der Waals surface area contributed by atoms with Crippen molar-refractivity contribution < 1.29 is 14.3 Å². The second-order valence-corrected chi connectivity index (χ2v) is 17.7. The Morgan fingerprint density at radius 1 is 0.547 bits per heavy atom. The highest BCUT2D eigenvalue weighted by Crippen LogP contribution is 2.38. The van der Waals surface area contributed by atoms with Crippen LogP contribution < -0.4 is 0 Å². The molecule has 3 nitrogen and oxygen atoms in total. The summed E-state index contributed by atoms with van der Waals surface area (Å²) in [6.07, 6.45) is 32.4. The number of methoxy groups -OCH3 is 1. The topological polar surface area (TPSA) is 43.4 Å². The fraction of sp³-hybridized carbons (Fsp3) is 0.720. The standard InChI is InChI=1S/C25H38O2.C24H36O.CH4/c1-3-4-19-5-7-20(8-6-19)9-10-21-11-13-22(14-12-21)23-15-17-24(18-16-23)25(26)27-2;1-2-3-19-4-6-20(7-5-19)8-9-21-10-14-23(15-11-21)24-16-12-22(18-25)13-17-24;/h11-14,19-20,23-24H,3-10,15-18H2,1-2H3;10-11,14-15,18-20,22,24H,2-9,12-13,16-17H2,1H3;1H4. The Morgan fingerprint density at radius 3 is 1.25 bits per heavy atom. The van der Waals surface area contributed by atoms with Crippen molar-refractivity contribution in [1.29, 1.82) is 0 Å². The third kappa shape index (κ3) is 14.0. The SMILES string of the molecule is C.CCCC1CCC(CCc2ccc(C3CCC(C(=O)OC)CC3)cc2)CC1.CCCC1CCC(CCc2ccc(C3CCC(C=O)CC3)cc2)CC1. The molecule has 0 saturated heterocycles. The van der Waals surface area contributed by atoms with Gasteiger partial charge in [-0.25, -0.2) is 0 Å². The Morgan fingerprint density at radius 2 is 0.906 bits per heavy atom. The Kier molecular flexibility index (Phi) is 19.2. The third-order valence-corrected chi connectivity index (χ3v) is 14.1. The molecule has 0 aliphatic heterocycles. The van der Waals surface area contributed by atoms with Crippen LogP contribution in [0.15, 0.2) is 48.5 Å². The second kappa shape index (κ2) is 23.5. The smallest absolute Gasteiger partial charge is 0.308 e. The zero-order valence-electron chi connectivity index (χ0n) is 33.5. The van der Waals surface area contributed by atoms with E-state index in [1.807, 2.05) is 0 Å². The van der Waals surface area contributed by atoms with Gasteiger partial charge in [0.25, 0.3) is 0 Å². The second-order valence-electron chi connectivity index (χ2n) is 17.7. The van der Waals surface area contributed by atoms with Crippen molar-refractivity contribution in [3.63, 3.8) is 0 Å². The summed E-state index contributed by atoms with van der Waals surface area (Å²) < 4.78 is 4.90. The average molecular weight is 727 g/mol. The van der Waals surface area contributed by atoms with E-state index in [2.05, 4.69) is 62.4 Å². The van der Waals surface area contributed by atoms with Crippen LogP contribution in [0.3, 0.4) is 0 Å². The first-order chi connectivity index (χ1) is 25.5. The van der Waals surface area contributed by atoms with E-state index in [0.717, 1.165) is 68.5 Å². The molecule has 0 unspecified atom stereocenters. The van der Waals surface area contributed by atoms with Gasteiger partial charge in [-0.3, -0.25) is 4.79 Å². The molecule has 0 spiro atoms. The van der Waals surface area contributed by atoms with Crippen LogP contribution in [0.4, 0.5) is 0 Å². The molecule has 4 saturated carbocycles. The molecular weight excluding hydrogens is 649 g/mol. The first kappa shape index (κ1) is 43.3. The van der Waals surface area contributed by atoms with E-state index in [4.69, 9.17) is 4.74 Å². The van der Waals surface area contributed by atoms with Crippen LogP contribution in [-0.2, 0) is 27.2 Å². The van der Waals surface area contributed by atoms with Crippen molar-refractivity contribution in [3.05, 3.63) is 70.8 Å². The number of hydrogen-bond donors (Lipinski definition) is 0. The van der Waals surface area contributed by atoms with Crippen molar-refractivity contribution in [2.45, 2.75) is 187 Å². The lowest BCUT2D eigenvalue weighted by Crippen LogP contribution is -2.22. The van der Waals surface area contributed by atoms with Gasteiger partial charge < -0.3 is 9.53 Å². The zero-order valence-corrected chi connectivity index (χ0v) is 33.5. The molecule has 2 aromatic carbocycles. The monoisotopic (exact) mass is 727 g/mol. The normalized spacial score (nSPS) is 28.8. The molecule has 0 aromatic heterocycles. The van der Waals surface area contributed by atoms with Crippen LogP contribution in [-0.4, -0.2) is 19.4 Å². The molecule has 6 rings (SSSR count). The highest BCUT2D eigenvalue weighted by atomic mass is 16.5. The molecule has 3 heteroatoms. The maximum Gasteiger partial charge on any atom is 0.308 e. The number of ether oxygens (including phenoxy) is 1. The number of benzene rings is 2. The van der Waals surface area contributed by atoms with E-state index in [9.17, 15) is 9.59 Å². The van der Waals surface area contributed by atoms with E-state index in [-0.39, 0.29) is 19.3 Å². The number of hydrogen-bond acceptors (Lipinski definition) is 3. The predicted molar refractivity (Wildman–Crippen MR) is 224 cm³/mol. The summed E-state index contributed by atoms with van der Waals surface area (Å²) in [6.45, 7) is 4.64. The summed E-state index contributed by atoms with van der Waals surface area (Å²) in [5, 5.41) is 0. The number of aryl methyl sites for hydroxylation is 2. The van der Waals surface area contributed by atoms with Crippen LogP contribution in [0.1, 0.15) is 197 Å². The molecule has 4 aliphatic rings. The third-order valence-electron chi connectivity index (χ3n) is 14.1. The minimum Gasteiger partial charge on any atom is -0.469 e. The van der Waals surface area contributed by atoms with E-state index >= 15 is 0 Å². The Labute approximate surface area is 326 Å². The Bertz CT molecular complexity index is 1260. The van der Waals surface area contributed by atoms with Gasteiger partial charge in [-0.15, -0.1) is 0 Å². The van der Waals surface area contributed by atoms with E-state index < -0.39 is 0 Å². The number of carbonyl (C=O) groups excluding carboxylic acids is 2. The van der Waals surface area contributed by atoms with Crippen LogP contribution in [0.5, 0.6) is 0 Å². The van der Waals surface area contributed by atoms with Crippen molar-refractivity contribution in [2.75, 3.05) is 7.11 Å². The van der Waals surface area contributed by atoms with Crippen LogP contribution in [0.2, 0.25) is 0 Å². The van der Waals surface area contributed by atoms with Crippen LogP contribution >= 0.6 is 0 Å². The fourth-order valence-electron chi connectivity index (χ4n) is 10.5. The number of carbonyl (C=O) groups is 2. The summed E-state index contributed by atoms with van der Waals surface area (Å²) in [5.41, 5.74) is 5.97. The van der Waals surface area contributed by atoms with Gasteiger partial charge >= 0.3 is 5.97 Å². The number of rotatable bonds is 14. The number of aldehydes is 1. The molecule has 0 radical (unpaired) electrons. The Balaban J connectivity index is 0.000000233. The predicted octanol–water partition coefficient (Wildman–Crippen LogP) is 14.0. The van der Waals surface area contributed by atoms with Crippen LogP contribution in [0.25, 0.3) is 0 Å². The lowest BCUT2D eigenvalue weighted by atomic mass is 9.77. The van der Waals surface area contributed by atoms with E-state index in [1.54, 1.807) is 0 Å². The molecule has 0 atom stereocenters.